The molecule has 4 aliphatic carbocycles. The van der Waals surface area contributed by atoms with Crippen LogP contribution in [0.5, 0.6) is 0 Å². The van der Waals surface area contributed by atoms with Gasteiger partial charge in [0.1, 0.15) is 0 Å². The molecule has 2 heteroatoms. The van der Waals surface area contributed by atoms with Gasteiger partial charge >= 0.3 is 0 Å². The lowest BCUT2D eigenvalue weighted by atomic mass is 9.47. The maximum absolute atomic E-state index is 11.1. The van der Waals surface area contributed by atoms with Crippen molar-refractivity contribution in [2.45, 2.75) is 105 Å². The third-order valence-corrected chi connectivity index (χ3v) is 10.7. The lowest BCUT2D eigenvalue weighted by Crippen LogP contribution is -2.51. The van der Waals surface area contributed by atoms with Crippen LogP contribution >= 0.6 is 0 Å². The van der Waals surface area contributed by atoms with Crippen LogP contribution in [0.3, 0.4) is 0 Å². The monoisotopic (exact) mass is 414 g/mol. The van der Waals surface area contributed by atoms with Crippen molar-refractivity contribution in [1.29, 1.82) is 0 Å². The number of rotatable bonds is 5. The van der Waals surface area contributed by atoms with Crippen molar-refractivity contribution in [1.82, 2.24) is 0 Å². The molecule has 4 aliphatic rings. The molecule has 170 valence electrons. The lowest BCUT2D eigenvalue weighted by Gasteiger charge is -2.58. The third kappa shape index (κ3) is 3.54. The number of hydrogen-bond acceptors (Lipinski definition) is 2. The summed E-state index contributed by atoms with van der Waals surface area (Å²) in [5.74, 6) is 3.82. The largest absolute Gasteiger partial charge is 0.393 e. The fourth-order valence-electron chi connectivity index (χ4n) is 8.50. The van der Waals surface area contributed by atoms with Gasteiger partial charge in [-0.1, -0.05) is 58.4 Å². The second kappa shape index (κ2) is 8.07. The first kappa shape index (κ1) is 22.6. The van der Waals surface area contributed by atoms with Crippen molar-refractivity contribution in [3.8, 4) is 0 Å². The predicted molar refractivity (Wildman–Crippen MR) is 125 cm³/mol. The van der Waals surface area contributed by atoms with Gasteiger partial charge in [-0.05, 0) is 104 Å². The zero-order valence-corrected chi connectivity index (χ0v) is 20.2. The lowest BCUT2D eigenvalue weighted by molar-refractivity contribution is -0.0672. The van der Waals surface area contributed by atoms with Gasteiger partial charge in [-0.15, -0.1) is 0 Å². The minimum Gasteiger partial charge on any atom is -0.393 e. The topological polar surface area (TPSA) is 40.5 Å². The van der Waals surface area contributed by atoms with Crippen LogP contribution in [0.4, 0.5) is 0 Å². The number of aliphatic hydroxyl groups excluding tert-OH is 2. The van der Waals surface area contributed by atoms with Gasteiger partial charge in [-0.2, -0.15) is 0 Å². The van der Waals surface area contributed by atoms with E-state index in [-0.39, 0.29) is 12.2 Å². The third-order valence-electron chi connectivity index (χ3n) is 10.7. The molecule has 6 unspecified atom stereocenters. The van der Waals surface area contributed by atoms with Crippen LogP contribution in [0.1, 0.15) is 92.4 Å². The molecule has 3 fully saturated rings. The van der Waals surface area contributed by atoms with Crippen molar-refractivity contribution in [2.24, 2.45) is 46.3 Å². The van der Waals surface area contributed by atoms with Crippen molar-refractivity contribution in [3.05, 3.63) is 23.8 Å². The van der Waals surface area contributed by atoms with Gasteiger partial charge in [0.2, 0.25) is 0 Å². The molecule has 0 amide bonds. The predicted octanol–water partition coefficient (Wildman–Crippen LogP) is 6.53. The smallest absolute Gasteiger partial charge is 0.0605 e. The highest BCUT2D eigenvalue weighted by atomic mass is 16.3. The second-order valence-corrected chi connectivity index (χ2v) is 12.3. The van der Waals surface area contributed by atoms with Crippen LogP contribution < -0.4 is 0 Å². The molecule has 0 aromatic carbocycles. The highest BCUT2D eigenvalue weighted by Gasteiger charge is 2.59. The number of hydrogen-bond donors (Lipinski definition) is 2. The highest BCUT2D eigenvalue weighted by molar-refractivity contribution is 5.25. The van der Waals surface area contributed by atoms with E-state index < -0.39 is 0 Å². The average Bonchev–Trinajstić information content (AvgIpc) is 3.04. The molecule has 0 heterocycles. The van der Waals surface area contributed by atoms with Gasteiger partial charge in [-0.25, -0.2) is 0 Å². The first-order valence-electron chi connectivity index (χ1n) is 12.8. The van der Waals surface area contributed by atoms with Crippen LogP contribution in [0, 0.1) is 46.3 Å². The fourth-order valence-corrected chi connectivity index (χ4v) is 8.50. The molecule has 0 aliphatic heterocycles. The molecule has 0 spiro atoms. The Bertz CT molecular complexity index is 693. The first-order valence-corrected chi connectivity index (χ1v) is 12.8. The quantitative estimate of drug-likeness (QED) is 0.502. The maximum Gasteiger partial charge on any atom is 0.0605 e. The summed E-state index contributed by atoms with van der Waals surface area (Å²) in [7, 11) is 0. The molecule has 2 N–H and O–H groups in total. The second-order valence-electron chi connectivity index (χ2n) is 12.3. The highest BCUT2D eigenvalue weighted by Crippen LogP contribution is 2.67. The summed E-state index contributed by atoms with van der Waals surface area (Å²) < 4.78 is 0. The molecule has 3 saturated carbocycles. The van der Waals surface area contributed by atoms with Crippen molar-refractivity contribution < 1.29 is 10.2 Å². The SMILES string of the molecule is C=C(CC(O)C(C)C1CCC2C3CC=C4C[C@@H](O)CC[C@]4(C)C3CC[C@]12C)C(C)C. The molecule has 0 aromatic rings. The zero-order valence-electron chi connectivity index (χ0n) is 20.2. The van der Waals surface area contributed by atoms with Crippen molar-refractivity contribution in [3.63, 3.8) is 0 Å². The molecule has 0 radical (unpaired) electrons. The Hall–Kier alpha value is -0.600. The van der Waals surface area contributed by atoms with Gasteiger partial charge < -0.3 is 10.2 Å². The summed E-state index contributed by atoms with van der Waals surface area (Å²) in [4.78, 5) is 0. The Balaban J connectivity index is 1.52. The Kier molecular flexibility index (Phi) is 6.08. The number of aliphatic hydroxyl groups is 2. The summed E-state index contributed by atoms with van der Waals surface area (Å²) in [6.45, 7) is 16.0. The normalized spacial score (nSPS) is 45.2. The molecular formula is C28H46O2. The first-order chi connectivity index (χ1) is 14.1. The standard InChI is InChI=1S/C28H46O2/c1-17(2)18(3)15-26(30)19(4)23-9-10-24-22-8-7-20-16-21(29)11-13-27(20,5)25(22)12-14-28(23,24)6/h7,17,19,21-26,29-30H,3,8-16H2,1-2,4-6H3/t19?,21-,22?,23?,24?,25?,26?,27-,28+/m0/s1. The summed E-state index contributed by atoms with van der Waals surface area (Å²) in [5.41, 5.74) is 3.45. The van der Waals surface area contributed by atoms with E-state index in [0.717, 1.165) is 37.0 Å². The van der Waals surface area contributed by atoms with Crippen LogP contribution in [0.15, 0.2) is 23.8 Å². The Morgan fingerprint density at radius 2 is 1.83 bits per heavy atom. The fraction of sp³-hybridized carbons (Fsp3) is 0.857. The number of fused-ring (bicyclic) bond motifs is 5. The number of allylic oxidation sites excluding steroid dienone is 1. The zero-order chi connectivity index (χ0) is 21.8. The minimum atomic E-state index is -0.256. The molecule has 4 rings (SSSR count). The Labute approximate surface area is 185 Å². The molecular weight excluding hydrogens is 368 g/mol. The van der Waals surface area contributed by atoms with Gasteiger partial charge in [0, 0.05) is 0 Å². The van der Waals surface area contributed by atoms with E-state index >= 15 is 0 Å². The molecule has 30 heavy (non-hydrogen) atoms. The average molecular weight is 415 g/mol. The van der Waals surface area contributed by atoms with Gasteiger partial charge in [-0.3, -0.25) is 0 Å². The van der Waals surface area contributed by atoms with Crippen LogP contribution in [-0.4, -0.2) is 22.4 Å². The van der Waals surface area contributed by atoms with E-state index in [0.29, 0.717) is 28.6 Å². The van der Waals surface area contributed by atoms with Crippen LogP contribution in [-0.2, 0) is 0 Å². The van der Waals surface area contributed by atoms with E-state index in [9.17, 15) is 10.2 Å². The van der Waals surface area contributed by atoms with Gasteiger partial charge in [0.05, 0.1) is 12.2 Å². The summed E-state index contributed by atoms with van der Waals surface area (Å²) in [6, 6.07) is 0. The summed E-state index contributed by atoms with van der Waals surface area (Å²) in [5, 5.41) is 21.3. The molecule has 0 saturated heterocycles. The van der Waals surface area contributed by atoms with Crippen molar-refractivity contribution in [2.75, 3.05) is 0 Å². The Morgan fingerprint density at radius 3 is 2.53 bits per heavy atom. The molecule has 2 nitrogen and oxygen atoms in total. The van der Waals surface area contributed by atoms with Gasteiger partial charge in [0.15, 0.2) is 0 Å². The van der Waals surface area contributed by atoms with E-state index in [4.69, 9.17) is 0 Å². The van der Waals surface area contributed by atoms with Crippen LogP contribution in [0.25, 0.3) is 0 Å². The van der Waals surface area contributed by atoms with E-state index in [2.05, 4.69) is 47.3 Å². The summed E-state index contributed by atoms with van der Waals surface area (Å²) in [6.07, 6.45) is 12.5. The maximum atomic E-state index is 11.1. The molecule has 0 aromatic heterocycles. The molecule has 0 bridgehead atoms. The Morgan fingerprint density at radius 1 is 1.10 bits per heavy atom. The van der Waals surface area contributed by atoms with Crippen molar-refractivity contribution >= 4 is 0 Å². The van der Waals surface area contributed by atoms with E-state index in [1.165, 1.54) is 44.1 Å². The van der Waals surface area contributed by atoms with Gasteiger partial charge in [0.25, 0.3) is 0 Å². The minimum absolute atomic E-state index is 0.117. The summed E-state index contributed by atoms with van der Waals surface area (Å²) >= 11 is 0. The van der Waals surface area contributed by atoms with E-state index in [1.54, 1.807) is 5.57 Å². The molecule has 9 atom stereocenters. The van der Waals surface area contributed by atoms with Crippen LogP contribution in [0.2, 0.25) is 0 Å². The van der Waals surface area contributed by atoms with E-state index in [1.807, 2.05) is 0 Å².